The molecule has 1 aliphatic rings. The Balaban J connectivity index is 2.26. The fourth-order valence-corrected chi connectivity index (χ4v) is 3.23. The molecule has 1 fully saturated rings. The van der Waals surface area contributed by atoms with Gasteiger partial charge in [0.05, 0.1) is 0 Å². The van der Waals surface area contributed by atoms with Crippen molar-refractivity contribution in [3.8, 4) is 0 Å². The van der Waals surface area contributed by atoms with Gasteiger partial charge >= 0.3 is 0 Å². The summed E-state index contributed by atoms with van der Waals surface area (Å²) in [6.45, 7) is 11.8. The van der Waals surface area contributed by atoms with Gasteiger partial charge in [-0.05, 0) is 64.2 Å². The highest BCUT2D eigenvalue weighted by Crippen LogP contribution is 2.28. The van der Waals surface area contributed by atoms with Crippen molar-refractivity contribution in [2.45, 2.75) is 65.3 Å². The zero-order chi connectivity index (χ0) is 12.5. The van der Waals surface area contributed by atoms with Gasteiger partial charge < -0.3 is 10.2 Å². The number of nitrogens with one attached hydrogen (secondary N) is 1. The molecule has 1 saturated carbocycles. The molecule has 2 atom stereocenters. The van der Waals surface area contributed by atoms with Crippen molar-refractivity contribution < 1.29 is 0 Å². The second-order valence-corrected chi connectivity index (χ2v) is 5.49. The van der Waals surface area contributed by atoms with E-state index in [0.29, 0.717) is 0 Å². The number of rotatable bonds is 9. The van der Waals surface area contributed by atoms with Crippen molar-refractivity contribution >= 4 is 0 Å². The number of hydrogen-bond acceptors (Lipinski definition) is 2. The summed E-state index contributed by atoms with van der Waals surface area (Å²) in [7, 11) is 0. The van der Waals surface area contributed by atoms with Gasteiger partial charge in [-0.2, -0.15) is 0 Å². The van der Waals surface area contributed by atoms with Crippen LogP contribution >= 0.6 is 0 Å². The van der Waals surface area contributed by atoms with Gasteiger partial charge in [0.25, 0.3) is 0 Å². The maximum Gasteiger partial charge on any atom is 0.00956 e. The average molecular weight is 240 g/mol. The van der Waals surface area contributed by atoms with E-state index in [4.69, 9.17) is 0 Å². The van der Waals surface area contributed by atoms with E-state index in [9.17, 15) is 0 Å². The van der Waals surface area contributed by atoms with Gasteiger partial charge in [0.15, 0.2) is 0 Å². The summed E-state index contributed by atoms with van der Waals surface area (Å²) >= 11 is 0. The Kier molecular flexibility index (Phi) is 7.87. The highest BCUT2D eigenvalue weighted by molar-refractivity contribution is 4.83. The molecule has 0 amide bonds. The molecule has 2 nitrogen and oxygen atoms in total. The summed E-state index contributed by atoms with van der Waals surface area (Å²) in [6.07, 6.45) is 8.27. The Bertz CT molecular complexity index is 176. The van der Waals surface area contributed by atoms with Crippen molar-refractivity contribution in [1.82, 2.24) is 10.2 Å². The van der Waals surface area contributed by atoms with E-state index in [0.717, 1.165) is 18.5 Å². The highest BCUT2D eigenvalue weighted by Gasteiger charge is 2.26. The molecular weight excluding hydrogens is 208 g/mol. The molecule has 0 aromatic heterocycles. The minimum atomic E-state index is 0.810. The molecule has 2 heteroatoms. The van der Waals surface area contributed by atoms with E-state index in [1.54, 1.807) is 0 Å². The van der Waals surface area contributed by atoms with Gasteiger partial charge in [0.2, 0.25) is 0 Å². The van der Waals surface area contributed by atoms with Crippen molar-refractivity contribution in [2.24, 2.45) is 5.92 Å². The molecule has 0 aromatic rings. The van der Waals surface area contributed by atoms with Crippen LogP contribution in [0.15, 0.2) is 0 Å². The molecular formula is C15H32N2. The second kappa shape index (κ2) is 8.93. The molecule has 17 heavy (non-hydrogen) atoms. The van der Waals surface area contributed by atoms with E-state index in [-0.39, 0.29) is 0 Å². The van der Waals surface area contributed by atoms with Crippen molar-refractivity contribution in [3.05, 3.63) is 0 Å². The topological polar surface area (TPSA) is 15.3 Å². The van der Waals surface area contributed by atoms with E-state index in [1.807, 2.05) is 0 Å². The molecule has 1 rings (SSSR count). The maximum atomic E-state index is 3.66. The minimum absolute atomic E-state index is 0.810. The fraction of sp³-hybridized carbons (Fsp3) is 1.00. The van der Waals surface area contributed by atoms with Crippen LogP contribution < -0.4 is 5.32 Å². The first kappa shape index (κ1) is 15.0. The largest absolute Gasteiger partial charge is 0.314 e. The summed E-state index contributed by atoms with van der Waals surface area (Å²) in [4.78, 5) is 2.65. The van der Waals surface area contributed by atoms with E-state index >= 15 is 0 Å². The molecule has 0 bridgehead atoms. The highest BCUT2D eigenvalue weighted by atomic mass is 15.1. The van der Waals surface area contributed by atoms with Crippen LogP contribution in [0.1, 0.15) is 59.3 Å². The maximum absolute atomic E-state index is 3.66. The lowest BCUT2D eigenvalue weighted by molar-refractivity contribution is 0.241. The molecule has 2 unspecified atom stereocenters. The molecule has 0 heterocycles. The summed E-state index contributed by atoms with van der Waals surface area (Å²) in [5, 5.41) is 3.66. The third-order valence-corrected chi connectivity index (χ3v) is 4.02. The predicted molar refractivity (Wildman–Crippen MR) is 76.4 cm³/mol. The van der Waals surface area contributed by atoms with Gasteiger partial charge in [-0.1, -0.05) is 27.2 Å². The van der Waals surface area contributed by atoms with Gasteiger partial charge in [0.1, 0.15) is 0 Å². The third-order valence-electron chi connectivity index (χ3n) is 4.02. The predicted octanol–water partition coefficient (Wildman–Crippen LogP) is 3.28. The van der Waals surface area contributed by atoms with Crippen LogP contribution in [-0.2, 0) is 0 Å². The molecule has 1 N–H and O–H groups in total. The van der Waals surface area contributed by atoms with Gasteiger partial charge in [-0.25, -0.2) is 0 Å². The van der Waals surface area contributed by atoms with Crippen LogP contribution in [0.3, 0.4) is 0 Å². The minimum Gasteiger partial charge on any atom is -0.314 e. The Morgan fingerprint density at radius 2 is 1.71 bits per heavy atom. The fourth-order valence-electron chi connectivity index (χ4n) is 3.23. The first-order chi connectivity index (χ1) is 8.31. The van der Waals surface area contributed by atoms with Crippen molar-refractivity contribution in [1.29, 1.82) is 0 Å². The Hall–Kier alpha value is -0.0800. The zero-order valence-corrected chi connectivity index (χ0v) is 12.2. The van der Waals surface area contributed by atoms with Crippen LogP contribution in [0.5, 0.6) is 0 Å². The lowest BCUT2D eigenvalue weighted by Crippen LogP contribution is -2.35. The molecule has 0 spiro atoms. The number of hydrogen-bond donors (Lipinski definition) is 1. The monoisotopic (exact) mass is 240 g/mol. The van der Waals surface area contributed by atoms with Gasteiger partial charge in [0, 0.05) is 6.04 Å². The quantitative estimate of drug-likeness (QED) is 0.665. The van der Waals surface area contributed by atoms with Crippen molar-refractivity contribution in [2.75, 3.05) is 26.2 Å². The van der Waals surface area contributed by atoms with Crippen LogP contribution in [-0.4, -0.2) is 37.1 Å². The first-order valence-electron chi connectivity index (χ1n) is 7.77. The van der Waals surface area contributed by atoms with E-state index in [1.165, 1.54) is 58.2 Å². The van der Waals surface area contributed by atoms with Gasteiger partial charge in [-0.15, -0.1) is 0 Å². The first-order valence-corrected chi connectivity index (χ1v) is 7.77. The molecule has 0 saturated heterocycles. The van der Waals surface area contributed by atoms with Crippen LogP contribution in [0.2, 0.25) is 0 Å². The van der Waals surface area contributed by atoms with Crippen molar-refractivity contribution in [3.63, 3.8) is 0 Å². The average Bonchev–Trinajstić information content (AvgIpc) is 2.75. The molecule has 0 aromatic carbocycles. The molecule has 0 aliphatic heterocycles. The summed E-state index contributed by atoms with van der Waals surface area (Å²) in [6, 6.07) is 0.810. The summed E-state index contributed by atoms with van der Waals surface area (Å²) < 4.78 is 0. The lowest BCUT2D eigenvalue weighted by Gasteiger charge is -2.25. The molecule has 0 radical (unpaired) electrons. The van der Waals surface area contributed by atoms with Crippen LogP contribution in [0.25, 0.3) is 0 Å². The molecule has 102 valence electrons. The van der Waals surface area contributed by atoms with Crippen LogP contribution in [0.4, 0.5) is 0 Å². The Labute approximate surface area is 108 Å². The second-order valence-electron chi connectivity index (χ2n) is 5.49. The summed E-state index contributed by atoms with van der Waals surface area (Å²) in [5.74, 6) is 0.936. The molecule has 1 aliphatic carbocycles. The third kappa shape index (κ3) is 5.39. The van der Waals surface area contributed by atoms with E-state index < -0.39 is 0 Å². The number of nitrogens with zero attached hydrogens (tertiary/aromatic N) is 1. The Morgan fingerprint density at radius 1 is 1.00 bits per heavy atom. The van der Waals surface area contributed by atoms with E-state index in [2.05, 4.69) is 31.0 Å². The standard InChI is InChI=1S/C15H32N2/c1-4-11-17(12-5-2)13-10-14-8-7-9-15(14)16-6-3/h14-16H,4-13H2,1-3H3. The Morgan fingerprint density at radius 3 is 2.29 bits per heavy atom. The van der Waals surface area contributed by atoms with Gasteiger partial charge in [-0.3, -0.25) is 0 Å². The summed E-state index contributed by atoms with van der Waals surface area (Å²) in [5.41, 5.74) is 0. The van der Waals surface area contributed by atoms with Crippen LogP contribution in [0, 0.1) is 5.92 Å². The lowest BCUT2D eigenvalue weighted by atomic mass is 9.99. The normalized spacial score (nSPS) is 24.7. The SMILES string of the molecule is CCCN(CCC)CCC1CCCC1NCC. The smallest absolute Gasteiger partial charge is 0.00956 e. The zero-order valence-electron chi connectivity index (χ0n) is 12.2.